The third kappa shape index (κ3) is 3.18. The highest BCUT2D eigenvalue weighted by Crippen LogP contribution is 2.21. The summed E-state index contributed by atoms with van der Waals surface area (Å²) in [5, 5.41) is 3.01. The van der Waals surface area contributed by atoms with Crippen LogP contribution in [0, 0.1) is 5.92 Å². The van der Waals surface area contributed by atoms with Crippen LogP contribution in [0.15, 0.2) is 30.3 Å². The third-order valence-corrected chi connectivity index (χ3v) is 3.90. The summed E-state index contributed by atoms with van der Waals surface area (Å²) >= 11 is 0. The Morgan fingerprint density at radius 1 is 1.30 bits per heavy atom. The Morgan fingerprint density at radius 2 is 1.95 bits per heavy atom. The Labute approximate surface area is 120 Å². The van der Waals surface area contributed by atoms with E-state index in [0.717, 1.165) is 18.5 Å². The molecule has 20 heavy (non-hydrogen) atoms. The first kappa shape index (κ1) is 14.6. The molecule has 0 unspecified atom stereocenters. The van der Waals surface area contributed by atoms with Gasteiger partial charge in [0.25, 0.3) is 0 Å². The van der Waals surface area contributed by atoms with E-state index in [1.54, 1.807) is 4.90 Å². The summed E-state index contributed by atoms with van der Waals surface area (Å²) in [4.78, 5) is 25.9. The summed E-state index contributed by atoms with van der Waals surface area (Å²) in [6, 6.07) is 9.52. The van der Waals surface area contributed by atoms with Gasteiger partial charge in [-0.25, -0.2) is 0 Å². The number of nitrogens with zero attached hydrogens (tertiary/aromatic N) is 1. The molecule has 1 saturated heterocycles. The van der Waals surface area contributed by atoms with Gasteiger partial charge in [-0.05, 0) is 25.0 Å². The van der Waals surface area contributed by atoms with Gasteiger partial charge >= 0.3 is 0 Å². The number of amides is 2. The van der Waals surface area contributed by atoms with Gasteiger partial charge < -0.3 is 10.2 Å². The molecular weight excluding hydrogens is 252 g/mol. The summed E-state index contributed by atoms with van der Waals surface area (Å²) in [6.45, 7) is 4.60. The normalized spacial score (nSPS) is 18.6. The van der Waals surface area contributed by atoms with E-state index in [1.807, 2.05) is 44.2 Å². The third-order valence-electron chi connectivity index (χ3n) is 3.90. The minimum atomic E-state index is -0.0733. The number of nitrogens with one attached hydrogen (secondary N) is 1. The monoisotopic (exact) mass is 274 g/mol. The number of benzene rings is 1. The van der Waals surface area contributed by atoms with Crippen LogP contribution >= 0.6 is 0 Å². The van der Waals surface area contributed by atoms with Crippen molar-refractivity contribution in [1.82, 2.24) is 5.32 Å². The van der Waals surface area contributed by atoms with E-state index >= 15 is 0 Å². The van der Waals surface area contributed by atoms with Crippen molar-refractivity contribution < 1.29 is 9.59 Å². The van der Waals surface area contributed by atoms with Crippen molar-refractivity contribution in [3.8, 4) is 0 Å². The standard InChI is InChI=1S/C16H22N2O2/c1-3-12(4-2)16(20)17-13-10-15(19)18(11-13)14-8-6-5-7-9-14/h5-9,12-13H,3-4,10-11H2,1-2H3,(H,17,20)/t13-/m0/s1. The molecule has 0 saturated carbocycles. The molecule has 0 bridgehead atoms. The van der Waals surface area contributed by atoms with Crippen LogP contribution in [-0.4, -0.2) is 24.4 Å². The number of para-hydroxylation sites is 1. The quantitative estimate of drug-likeness (QED) is 0.896. The van der Waals surface area contributed by atoms with Crippen LogP contribution in [0.5, 0.6) is 0 Å². The molecule has 1 aromatic carbocycles. The van der Waals surface area contributed by atoms with Gasteiger partial charge in [-0.1, -0.05) is 32.0 Å². The van der Waals surface area contributed by atoms with Crippen molar-refractivity contribution in [2.75, 3.05) is 11.4 Å². The average Bonchev–Trinajstić information content (AvgIpc) is 2.82. The molecule has 1 aliphatic rings. The van der Waals surface area contributed by atoms with Gasteiger partial charge in [0.05, 0.1) is 6.04 Å². The van der Waals surface area contributed by atoms with E-state index in [0.29, 0.717) is 13.0 Å². The maximum Gasteiger partial charge on any atom is 0.229 e. The lowest BCUT2D eigenvalue weighted by Gasteiger charge is -2.19. The van der Waals surface area contributed by atoms with Crippen LogP contribution < -0.4 is 10.2 Å². The topological polar surface area (TPSA) is 49.4 Å². The van der Waals surface area contributed by atoms with E-state index in [-0.39, 0.29) is 23.8 Å². The molecule has 1 N–H and O–H groups in total. The Balaban J connectivity index is 1.97. The fraction of sp³-hybridized carbons (Fsp3) is 0.500. The Hall–Kier alpha value is -1.84. The van der Waals surface area contributed by atoms with E-state index < -0.39 is 0 Å². The van der Waals surface area contributed by atoms with Crippen LogP contribution in [0.3, 0.4) is 0 Å². The van der Waals surface area contributed by atoms with Gasteiger partial charge in [0.2, 0.25) is 11.8 Å². The second-order valence-corrected chi connectivity index (χ2v) is 5.26. The molecule has 0 aliphatic carbocycles. The minimum absolute atomic E-state index is 0.0517. The molecule has 1 heterocycles. The first-order chi connectivity index (χ1) is 9.65. The number of rotatable bonds is 5. The summed E-state index contributed by atoms with van der Waals surface area (Å²) in [6.07, 6.45) is 2.07. The lowest BCUT2D eigenvalue weighted by molar-refractivity contribution is -0.125. The molecule has 2 rings (SSSR count). The second-order valence-electron chi connectivity index (χ2n) is 5.26. The van der Waals surface area contributed by atoms with Gasteiger partial charge in [0.15, 0.2) is 0 Å². The van der Waals surface area contributed by atoms with Crippen LogP contribution in [0.2, 0.25) is 0 Å². The largest absolute Gasteiger partial charge is 0.351 e. The molecule has 4 heteroatoms. The van der Waals surface area contributed by atoms with Crippen molar-refractivity contribution in [2.45, 2.75) is 39.2 Å². The first-order valence-electron chi connectivity index (χ1n) is 7.31. The average molecular weight is 274 g/mol. The van der Waals surface area contributed by atoms with Gasteiger partial charge in [0, 0.05) is 24.6 Å². The summed E-state index contributed by atoms with van der Waals surface area (Å²) in [7, 11) is 0. The van der Waals surface area contributed by atoms with E-state index in [2.05, 4.69) is 5.32 Å². The van der Waals surface area contributed by atoms with E-state index in [1.165, 1.54) is 0 Å². The number of anilines is 1. The maximum absolute atomic E-state index is 12.1. The second kappa shape index (κ2) is 6.55. The van der Waals surface area contributed by atoms with Gasteiger partial charge in [-0.3, -0.25) is 9.59 Å². The van der Waals surface area contributed by atoms with Crippen molar-refractivity contribution in [3.63, 3.8) is 0 Å². The predicted octanol–water partition coefficient (Wildman–Crippen LogP) is 2.34. The van der Waals surface area contributed by atoms with Crippen LogP contribution in [0.25, 0.3) is 0 Å². The zero-order chi connectivity index (χ0) is 14.5. The molecule has 0 aromatic heterocycles. The first-order valence-corrected chi connectivity index (χ1v) is 7.31. The Kier molecular flexibility index (Phi) is 4.77. The lowest BCUT2D eigenvalue weighted by atomic mass is 10.0. The lowest BCUT2D eigenvalue weighted by Crippen LogP contribution is -2.40. The van der Waals surface area contributed by atoms with E-state index in [4.69, 9.17) is 0 Å². The fourth-order valence-electron chi connectivity index (χ4n) is 2.64. The Bertz CT molecular complexity index is 469. The molecule has 4 nitrogen and oxygen atoms in total. The summed E-state index contributed by atoms with van der Waals surface area (Å²) in [5.41, 5.74) is 0.900. The molecule has 1 fully saturated rings. The van der Waals surface area contributed by atoms with Crippen molar-refractivity contribution >= 4 is 17.5 Å². The highest BCUT2D eigenvalue weighted by Gasteiger charge is 2.32. The number of hydrogen-bond donors (Lipinski definition) is 1. The predicted molar refractivity (Wildman–Crippen MR) is 79.4 cm³/mol. The fourth-order valence-corrected chi connectivity index (χ4v) is 2.64. The number of hydrogen-bond acceptors (Lipinski definition) is 2. The maximum atomic E-state index is 12.1. The van der Waals surface area contributed by atoms with Gasteiger partial charge in [-0.15, -0.1) is 0 Å². The SMILES string of the molecule is CCC(CC)C(=O)N[C@H]1CC(=O)N(c2ccccc2)C1. The van der Waals surface area contributed by atoms with Crippen molar-refractivity contribution in [2.24, 2.45) is 5.92 Å². The molecule has 108 valence electrons. The molecule has 1 aromatic rings. The van der Waals surface area contributed by atoms with Crippen molar-refractivity contribution in [1.29, 1.82) is 0 Å². The minimum Gasteiger partial charge on any atom is -0.351 e. The molecule has 0 spiro atoms. The molecule has 2 amide bonds. The van der Waals surface area contributed by atoms with E-state index in [9.17, 15) is 9.59 Å². The van der Waals surface area contributed by atoms with Crippen LogP contribution in [-0.2, 0) is 9.59 Å². The molecule has 1 aliphatic heterocycles. The van der Waals surface area contributed by atoms with Crippen LogP contribution in [0.1, 0.15) is 33.1 Å². The molecule has 0 radical (unpaired) electrons. The van der Waals surface area contributed by atoms with Crippen LogP contribution in [0.4, 0.5) is 5.69 Å². The van der Waals surface area contributed by atoms with Gasteiger partial charge in [-0.2, -0.15) is 0 Å². The highest BCUT2D eigenvalue weighted by molar-refractivity contribution is 5.96. The molecular formula is C16H22N2O2. The number of carbonyl (C=O) groups excluding carboxylic acids is 2. The number of carbonyl (C=O) groups is 2. The smallest absolute Gasteiger partial charge is 0.229 e. The zero-order valence-electron chi connectivity index (χ0n) is 12.1. The van der Waals surface area contributed by atoms with Crippen molar-refractivity contribution in [3.05, 3.63) is 30.3 Å². The highest BCUT2D eigenvalue weighted by atomic mass is 16.2. The molecule has 1 atom stereocenters. The summed E-state index contributed by atoms with van der Waals surface area (Å²) in [5.74, 6) is 0.199. The zero-order valence-corrected chi connectivity index (χ0v) is 12.1. The van der Waals surface area contributed by atoms with Gasteiger partial charge in [0.1, 0.15) is 0 Å². The summed E-state index contributed by atoms with van der Waals surface area (Å²) < 4.78 is 0. The Morgan fingerprint density at radius 3 is 2.55 bits per heavy atom.